The van der Waals surface area contributed by atoms with Crippen molar-refractivity contribution in [3.63, 3.8) is 0 Å². The van der Waals surface area contributed by atoms with Gasteiger partial charge in [-0.05, 0) is 67.6 Å². The van der Waals surface area contributed by atoms with Crippen LogP contribution in [-0.4, -0.2) is 0 Å². The minimum atomic E-state index is 0.803. The highest BCUT2D eigenvalue weighted by Crippen LogP contribution is 2.58. The third-order valence-corrected chi connectivity index (χ3v) is 4.41. The first-order valence-electron chi connectivity index (χ1n) is 6.13. The Labute approximate surface area is 91.7 Å². The second-order valence-electron chi connectivity index (χ2n) is 5.44. The highest BCUT2D eigenvalue weighted by Gasteiger charge is 2.44. The fourth-order valence-corrected chi connectivity index (χ4v) is 3.01. The van der Waals surface area contributed by atoms with E-state index in [1.807, 2.05) is 12.1 Å². The lowest BCUT2D eigenvalue weighted by atomic mass is 9.77. The molecule has 2 aliphatic rings. The minimum Gasteiger partial charge on any atom is -0.399 e. The lowest BCUT2D eigenvalue weighted by molar-refractivity contribution is 0.306. The van der Waals surface area contributed by atoms with Gasteiger partial charge in [0.1, 0.15) is 0 Å². The van der Waals surface area contributed by atoms with Crippen LogP contribution in [0.5, 0.6) is 0 Å². The van der Waals surface area contributed by atoms with Crippen LogP contribution in [0.3, 0.4) is 0 Å². The molecule has 0 saturated heterocycles. The van der Waals surface area contributed by atoms with Gasteiger partial charge in [0.15, 0.2) is 0 Å². The van der Waals surface area contributed by atoms with Gasteiger partial charge in [0.2, 0.25) is 0 Å². The highest BCUT2D eigenvalue weighted by molar-refractivity contribution is 5.40. The van der Waals surface area contributed by atoms with Crippen LogP contribution in [0, 0.1) is 5.41 Å². The molecular weight excluding hydrogens is 182 g/mol. The van der Waals surface area contributed by atoms with E-state index < -0.39 is 0 Å². The van der Waals surface area contributed by atoms with Crippen molar-refractivity contribution in [2.45, 2.75) is 44.4 Å². The topological polar surface area (TPSA) is 26.0 Å². The molecule has 2 saturated carbocycles. The van der Waals surface area contributed by atoms with E-state index in [1.165, 1.54) is 44.1 Å². The van der Waals surface area contributed by atoms with E-state index in [9.17, 15) is 0 Å². The fourth-order valence-electron chi connectivity index (χ4n) is 3.01. The Balaban J connectivity index is 1.70. The number of hydrogen-bond donors (Lipinski definition) is 1. The van der Waals surface area contributed by atoms with Crippen molar-refractivity contribution in [2.75, 3.05) is 5.73 Å². The average Bonchev–Trinajstić information content (AvgIpc) is 3.01. The molecule has 1 aromatic carbocycles. The van der Waals surface area contributed by atoms with Gasteiger partial charge in [0, 0.05) is 5.69 Å². The Morgan fingerprint density at radius 2 is 1.53 bits per heavy atom. The fraction of sp³-hybridized carbons (Fsp3) is 0.571. The number of anilines is 1. The van der Waals surface area contributed by atoms with Crippen LogP contribution >= 0.6 is 0 Å². The second kappa shape index (κ2) is 3.26. The first kappa shape index (κ1) is 9.26. The predicted molar refractivity (Wildman–Crippen MR) is 63.7 cm³/mol. The van der Waals surface area contributed by atoms with Gasteiger partial charge >= 0.3 is 0 Å². The Hall–Kier alpha value is -0.980. The van der Waals surface area contributed by atoms with Gasteiger partial charge in [-0.15, -0.1) is 0 Å². The summed E-state index contributed by atoms with van der Waals surface area (Å²) < 4.78 is 0. The molecule has 1 spiro atoms. The first-order valence-corrected chi connectivity index (χ1v) is 6.13. The van der Waals surface area contributed by atoms with Crippen LogP contribution in [-0.2, 0) is 0 Å². The van der Waals surface area contributed by atoms with Crippen LogP contribution < -0.4 is 5.73 Å². The summed E-state index contributed by atoms with van der Waals surface area (Å²) in [7, 11) is 0. The molecule has 0 unspecified atom stereocenters. The van der Waals surface area contributed by atoms with Crippen LogP contribution in [0.2, 0.25) is 0 Å². The van der Waals surface area contributed by atoms with Crippen molar-refractivity contribution in [2.24, 2.45) is 5.41 Å². The molecule has 0 bridgehead atoms. The van der Waals surface area contributed by atoms with E-state index in [0.29, 0.717) is 0 Å². The lowest BCUT2D eigenvalue weighted by Crippen LogP contribution is -2.13. The molecule has 0 radical (unpaired) electrons. The third-order valence-electron chi connectivity index (χ3n) is 4.41. The maximum atomic E-state index is 5.71. The van der Waals surface area contributed by atoms with Crippen LogP contribution in [0.4, 0.5) is 5.69 Å². The largest absolute Gasteiger partial charge is 0.399 e. The van der Waals surface area contributed by atoms with E-state index in [1.54, 1.807) is 0 Å². The number of nitrogen functional groups attached to an aromatic ring is 1. The van der Waals surface area contributed by atoms with Crippen molar-refractivity contribution in [1.29, 1.82) is 0 Å². The van der Waals surface area contributed by atoms with Crippen molar-refractivity contribution < 1.29 is 0 Å². The van der Waals surface area contributed by atoms with E-state index >= 15 is 0 Å². The maximum Gasteiger partial charge on any atom is 0.0314 e. The molecule has 0 atom stereocenters. The summed E-state index contributed by atoms with van der Waals surface area (Å²) in [6.45, 7) is 0. The summed E-state index contributed by atoms with van der Waals surface area (Å²) in [5.41, 5.74) is 8.90. The third kappa shape index (κ3) is 1.75. The van der Waals surface area contributed by atoms with Gasteiger partial charge in [-0.3, -0.25) is 0 Å². The zero-order valence-electron chi connectivity index (χ0n) is 9.21. The summed E-state index contributed by atoms with van der Waals surface area (Å²) in [4.78, 5) is 0. The summed E-state index contributed by atoms with van der Waals surface area (Å²) >= 11 is 0. The first-order chi connectivity index (χ1) is 7.27. The Morgan fingerprint density at radius 3 is 2.07 bits per heavy atom. The lowest BCUT2D eigenvalue weighted by Gasteiger charge is -2.28. The van der Waals surface area contributed by atoms with Crippen molar-refractivity contribution in [1.82, 2.24) is 0 Å². The Morgan fingerprint density at radius 1 is 0.933 bits per heavy atom. The average molecular weight is 201 g/mol. The normalized spacial score (nSPS) is 24.3. The maximum absolute atomic E-state index is 5.71. The molecule has 0 aromatic heterocycles. The van der Waals surface area contributed by atoms with Crippen molar-refractivity contribution >= 4 is 5.69 Å². The van der Waals surface area contributed by atoms with Gasteiger partial charge in [0.05, 0.1) is 0 Å². The monoisotopic (exact) mass is 201 g/mol. The molecule has 3 rings (SSSR count). The van der Waals surface area contributed by atoms with E-state index in [2.05, 4.69) is 12.1 Å². The molecule has 0 aliphatic heterocycles. The Bertz CT molecular complexity index is 338. The van der Waals surface area contributed by atoms with Gasteiger partial charge in [0.25, 0.3) is 0 Å². The number of nitrogens with two attached hydrogens (primary N) is 1. The molecule has 2 aliphatic carbocycles. The highest BCUT2D eigenvalue weighted by atomic mass is 14.5. The summed E-state index contributed by atoms with van der Waals surface area (Å²) in [6, 6.07) is 8.50. The van der Waals surface area contributed by atoms with E-state index in [-0.39, 0.29) is 0 Å². The quantitative estimate of drug-likeness (QED) is 0.689. The van der Waals surface area contributed by atoms with Crippen LogP contribution in [0.1, 0.15) is 50.0 Å². The molecule has 2 fully saturated rings. The molecule has 15 heavy (non-hydrogen) atoms. The SMILES string of the molecule is Nc1ccc(C2CCC3(CC2)CC3)cc1. The van der Waals surface area contributed by atoms with E-state index in [4.69, 9.17) is 5.73 Å². The van der Waals surface area contributed by atoms with Gasteiger partial charge < -0.3 is 5.73 Å². The van der Waals surface area contributed by atoms with Crippen LogP contribution in [0.25, 0.3) is 0 Å². The summed E-state index contributed by atoms with van der Waals surface area (Å²) in [5.74, 6) is 0.803. The molecule has 2 N–H and O–H groups in total. The standard InChI is InChI=1S/C14H19N/c15-13-3-1-11(2-4-13)12-5-7-14(8-6-12)9-10-14/h1-4,12H,5-10,15H2. The molecule has 0 heterocycles. The molecular formula is C14H19N. The zero-order chi connectivity index (χ0) is 10.3. The number of rotatable bonds is 1. The summed E-state index contributed by atoms with van der Waals surface area (Å²) in [6.07, 6.45) is 8.71. The van der Waals surface area contributed by atoms with Crippen molar-refractivity contribution in [3.05, 3.63) is 29.8 Å². The zero-order valence-corrected chi connectivity index (χ0v) is 9.21. The molecule has 1 nitrogen and oxygen atoms in total. The minimum absolute atomic E-state index is 0.803. The van der Waals surface area contributed by atoms with Gasteiger partial charge in [-0.25, -0.2) is 0 Å². The molecule has 0 amide bonds. The number of hydrogen-bond acceptors (Lipinski definition) is 1. The van der Waals surface area contributed by atoms with Crippen molar-refractivity contribution in [3.8, 4) is 0 Å². The Kier molecular flexibility index (Phi) is 2.01. The van der Waals surface area contributed by atoms with Crippen LogP contribution in [0.15, 0.2) is 24.3 Å². The van der Waals surface area contributed by atoms with E-state index in [0.717, 1.165) is 17.0 Å². The number of benzene rings is 1. The smallest absolute Gasteiger partial charge is 0.0314 e. The van der Waals surface area contributed by atoms with Gasteiger partial charge in [-0.2, -0.15) is 0 Å². The second-order valence-corrected chi connectivity index (χ2v) is 5.44. The predicted octanol–water partition coefficient (Wildman–Crippen LogP) is 3.71. The molecule has 1 heteroatoms. The molecule has 80 valence electrons. The summed E-state index contributed by atoms with van der Waals surface area (Å²) in [5, 5.41) is 0. The van der Waals surface area contributed by atoms with Gasteiger partial charge in [-0.1, -0.05) is 12.1 Å². The molecule has 1 aromatic rings.